The molecule has 0 aliphatic carbocycles. The minimum atomic E-state index is -0.252. The molecule has 2 nitrogen and oxygen atoms in total. The first-order chi connectivity index (χ1) is 9.63. The minimum absolute atomic E-state index is 0.197. The molecule has 0 spiro atoms. The van der Waals surface area contributed by atoms with Crippen molar-refractivity contribution in [3.8, 4) is 0 Å². The second kappa shape index (κ2) is 5.31. The number of para-hydroxylation sites is 1. The fourth-order valence-electron chi connectivity index (χ4n) is 2.19. The van der Waals surface area contributed by atoms with Gasteiger partial charge in [0.05, 0.1) is 5.03 Å². The first kappa shape index (κ1) is 13.2. The van der Waals surface area contributed by atoms with Crippen LogP contribution in [0.25, 0.3) is 10.9 Å². The van der Waals surface area contributed by atoms with Gasteiger partial charge in [-0.3, -0.25) is 0 Å². The van der Waals surface area contributed by atoms with Crippen LogP contribution in [0.4, 0.5) is 4.39 Å². The van der Waals surface area contributed by atoms with Crippen LogP contribution >= 0.6 is 11.8 Å². The highest BCUT2D eigenvalue weighted by atomic mass is 32.2. The zero-order valence-corrected chi connectivity index (χ0v) is 11.9. The molecule has 3 rings (SSSR count). The molecule has 0 saturated carbocycles. The highest BCUT2D eigenvalue weighted by Gasteiger charge is 2.11. The second-order valence-electron chi connectivity index (χ2n) is 4.79. The summed E-state index contributed by atoms with van der Waals surface area (Å²) >= 11 is 1.57. The number of benzene rings is 2. The Kier molecular flexibility index (Phi) is 3.51. The summed E-state index contributed by atoms with van der Waals surface area (Å²) in [6.45, 7) is 1.87. The van der Waals surface area contributed by atoms with E-state index >= 15 is 0 Å². The number of hydrogen-bond donors (Lipinski definition) is 2. The van der Waals surface area contributed by atoms with Gasteiger partial charge in [-0.2, -0.15) is 0 Å². The molecule has 0 fully saturated rings. The van der Waals surface area contributed by atoms with Gasteiger partial charge in [-0.05, 0) is 42.8 Å². The van der Waals surface area contributed by atoms with Crippen molar-refractivity contribution in [1.82, 2.24) is 4.98 Å². The minimum Gasteiger partial charge on any atom is -0.349 e. The Morgan fingerprint density at radius 1 is 1.15 bits per heavy atom. The number of aromatic nitrogens is 1. The quantitative estimate of drug-likeness (QED) is 0.745. The fraction of sp³-hybridized carbons (Fsp3) is 0.125. The van der Waals surface area contributed by atoms with E-state index in [-0.39, 0.29) is 11.9 Å². The van der Waals surface area contributed by atoms with Crippen LogP contribution in [0.5, 0.6) is 0 Å². The average molecular weight is 286 g/mol. The largest absolute Gasteiger partial charge is 0.349 e. The molecule has 0 saturated heterocycles. The van der Waals surface area contributed by atoms with E-state index in [4.69, 9.17) is 5.73 Å². The first-order valence-corrected chi connectivity index (χ1v) is 7.26. The van der Waals surface area contributed by atoms with Crippen molar-refractivity contribution in [3.05, 3.63) is 59.9 Å². The van der Waals surface area contributed by atoms with Gasteiger partial charge < -0.3 is 10.7 Å². The zero-order chi connectivity index (χ0) is 14.1. The molecular weight excluding hydrogens is 271 g/mol. The van der Waals surface area contributed by atoms with Gasteiger partial charge in [0, 0.05) is 21.8 Å². The van der Waals surface area contributed by atoms with Gasteiger partial charge in [-0.1, -0.05) is 30.0 Å². The summed E-state index contributed by atoms with van der Waals surface area (Å²) in [6, 6.07) is 14.8. The van der Waals surface area contributed by atoms with Crippen LogP contribution in [-0.2, 0) is 0 Å². The predicted molar refractivity (Wildman–Crippen MR) is 81.4 cm³/mol. The summed E-state index contributed by atoms with van der Waals surface area (Å²) in [5.41, 5.74) is 7.85. The maximum atomic E-state index is 13.3. The number of halogens is 1. The molecule has 3 N–H and O–H groups in total. The van der Waals surface area contributed by atoms with E-state index in [1.165, 1.54) is 17.5 Å². The molecule has 0 amide bonds. The average Bonchev–Trinajstić information content (AvgIpc) is 2.82. The molecule has 0 unspecified atom stereocenters. The smallest absolute Gasteiger partial charge is 0.123 e. The van der Waals surface area contributed by atoms with Gasteiger partial charge in [0.1, 0.15) is 5.82 Å². The normalized spacial score (nSPS) is 12.8. The summed E-state index contributed by atoms with van der Waals surface area (Å²) in [5, 5.41) is 2.19. The Labute approximate surface area is 121 Å². The maximum absolute atomic E-state index is 13.3. The van der Waals surface area contributed by atoms with Crippen LogP contribution in [0.15, 0.2) is 58.5 Å². The van der Waals surface area contributed by atoms with Crippen molar-refractivity contribution in [2.24, 2.45) is 5.73 Å². The van der Waals surface area contributed by atoms with E-state index in [0.29, 0.717) is 0 Å². The topological polar surface area (TPSA) is 41.8 Å². The first-order valence-electron chi connectivity index (χ1n) is 6.44. The summed E-state index contributed by atoms with van der Waals surface area (Å²) in [6.07, 6.45) is 0. The van der Waals surface area contributed by atoms with Crippen LogP contribution in [0, 0.1) is 5.82 Å². The van der Waals surface area contributed by atoms with E-state index in [1.807, 2.05) is 25.1 Å². The standard InChI is InChI=1S/C16H15FN2S/c1-10(18)13-9-12(17)6-7-15(13)20-16-8-11-4-2-3-5-14(11)19-16/h2-10,19H,18H2,1H3/t10-/m1/s1. The molecule has 0 radical (unpaired) electrons. The fourth-order valence-corrected chi connectivity index (χ4v) is 3.27. The van der Waals surface area contributed by atoms with Crippen LogP contribution < -0.4 is 5.73 Å². The Morgan fingerprint density at radius 3 is 2.70 bits per heavy atom. The van der Waals surface area contributed by atoms with E-state index in [9.17, 15) is 4.39 Å². The van der Waals surface area contributed by atoms with Crippen molar-refractivity contribution in [1.29, 1.82) is 0 Å². The molecule has 1 atom stereocenters. The predicted octanol–water partition coefficient (Wildman–Crippen LogP) is 4.48. The number of H-pyrrole nitrogens is 1. The number of nitrogens with two attached hydrogens (primary N) is 1. The number of nitrogens with one attached hydrogen (secondary N) is 1. The molecule has 2 aromatic carbocycles. The Balaban J connectivity index is 1.98. The highest BCUT2D eigenvalue weighted by molar-refractivity contribution is 7.99. The molecule has 3 aromatic rings. The molecule has 1 heterocycles. The van der Waals surface area contributed by atoms with Crippen LogP contribution in [0.3, 0.4) is 0 Å². The third-order valence-electron chi connectivity index (χ3n) is 3.19. The van der Waals surface area contributed by atoms with Gasteiger partial charge in [-0.15, -0.1) is 0 Å². The van der Waals surface area contributed by atoms with Gasteiger partial charge in [0.2, 0.25) is 0 Å². The van der Waals surface area contributed by atoms with Crippen LogP contribution in [0.1, 0.15) is 18.5 Å². The molecule has 0 aliphatic rings. The van der Waals surface area contributed by atoms with Crippen molar-refractivity contribution in [2.45, 2.75) is 22.9 Å². The lowest BCUT2D eigenvalue weighted by Crippen LogP contribution is -2.06. The van der Waals surface area contributed by atoms with Gasteiger partial charge in [0.15, 0.2) is 0 Å². The van der Waals surface area contributed by atoms with Crippen LogP contribution in [0.2, 0.25) is 0 Å². The Hall–Kier alpha value is -1.78. The third kappa shape index (κ3) is 2.57. The Bertz CT molecular complexity index is 716. The van der Waals surface area contributed by atoms with Gasteiger partial charge in [-0.25, -0.2) is 4.39 Å². The number of aromatic amines is 1. The van der Waals surface area contributed by atoms with Gasteiger partial charge in [0.25, 0.3) is 0 Å². The zero-order valence-electron chi connectivity index (χ0n) is 11.1. The van der Waals surface area contributed by atoms with Crippen molar-refractivity contribution < 1.29 is 4.39 Å². The number of rotatable bonds is 3. The van der Waals surface area contributed by atoms with Crippen molar-refractivity contribution >= 4 is 22.7 Å². The second-order valence-corrected chi connectivity index (χ2v) is 5.88. The summed E-state index contributed by atoms with van der Waals surface area (Å²) in [4.78, 5) is 4.33. The third-order valence-corrected chi connectivity index (χ3v) is 4.22. The molecule has 1 aromatic heterocycles. The molecule has 20 heavy (non-hydrogen) atoms. The molecule has 102 valence electrons. The summed E-state index contributed by atoms with van der Waals surface area (Å²) in [7, 11) is 0. The van der Waals surface area contributed by atoms with Gasteiger partial charge >= 0.3 is 0 Å². The van der Waals surface area contributed by atoms with E-state index in [2.05, 4.69) is 17.1 Å². The summed E-state index contributed by atoms with van der Waals surface area (Å²) < 4.78 is 13.3. The molecular formula is C16H15FN2S. The molecule has 0 bridgehead atoms. The van der Waals surface area contributed by atoms with Crippen LogP contribution in [-0.4, -0.2) is 4.98 Å². The molecule has 4 heteroatoms. The van der Waals surface area contributed by atoms with E-state index in [0.717, 1.165) is 21.0 Å². The van der Waals surface area contributed by atoms with E-state index < -0.39 is 0 Å². The number of hydrogen-bond acceptors (Lipinski definition) is 2. The van der Waals surface area contributed by atoms with E-state index in [1.54, 1.807) is 17.8 Å². The Morgan fingerprint density at radius 2 is 1.95 bits per heavy atom. The SMILES string of the molecule is C[C@@H](N)c1cc(F)ccc1Sc1cc2ccccc2[nH]1. The highest BCUT2D eigenvalue weighted by Crippen LogP contribution is 2.34. The van der Waals surface area contributed by atoms with Crippen molar-refractivity contribution in [3.63, 3.8) is 0 Å². The lowest BCUT2D eigenvalue weighted by atomic mass is 10.1. The summed E-state index contributed by atoms with van der Waals surface area (Å²) in [5.74, 6) is -0.252. The van der Waals surface area contributed by atoms with Crippen molar-refractivity contribution in [2.75, 3.05) is 0 Å². The lowest BCUT2D eigenvalue weighted by molar-refractivity contribution is 0.619. The monoisotopic (exact) mass is 286 g/mol. The lowest BCUT2D eigenvalue weighted by Gasteiger charge is -2.11. The number of fused-ring (bicyclic) bond motifs is 1. The maximum Gasteiger partial charge on any atom is 0.123 e. The molecule has 0 aliphatic heterocycles.